The fourth-order valence-corrected chi connectivity index (χ4v) is 3.03. The van der Waals surface area contributed by atoms with Crippen molar-refractivity contribution < 1.29 is 14.3 Å². The van der Waals surface area contributed by atoms with Crippen LogP contribution in [0, 0.1) is 5.92 Å². The first-order chi connectivity index (χ1) is 11.1. The lowest BCUT2D eigenvalue weighted by atomic mass is 9.98. The van der Waals surface area contributed by atoms with Gasteiger partial charge in [0.05, 0.1) is 5.92 Å². The van der Waals surface area contributed by atoms with Crippen LogP contribution in [0.2, 0.25) is 0 Å². The van der Waals surface area contributed by atoms with E-state index in [1.165, 1.54) is 0 Å². The number of ether oxygens (including phenoxy) is 1. The Balaban J connectivity index is 0.00000208. The van der Waals surface area contributed by atoms with Crippen LogP contribution in [-0.2, 0) is 16.1 Å². The summed E-state index contributed by atoms with van der Waals surface area (Å²) in [6.07, 6.45) is 0.653. The first-order valence-corrected chi connectivity index (χ1v) is 8.08. The molecule has 6 nitrogen and oxygen atoms in total. The van der Waals surface area contributed by atoms with Crippen molar-refractivity contribution in [2.24, 2.45) is 5.92 Å². The zero-order valence-electron chi connectivity index (χ0n) is 13.8. The van der Waals surface area contributed by atoms with E-state index < -0.39 is 0 Å². The molecule has 132 valence electrons. The van der Waals surface area contributed by atoms with Gasteiger partial charge in [-0.1, -0.05) is 30.3 Å². The van der Waals surface area contributed by atoms with Gasteiger partial charge in [-0.15, -0.1) is 12.4 Å². The monoisotopic (exact) mass is 353 g/mol. The minimum atomic E-state index is -0.344. The molecule has 24 heavy (non-hydrogen) atoms. The molecule has 2 aliphatic heterocycles. The van der Waals surface area contributed by atoms with Crippen LogP contribution < -0.4 is 5.32 Å². The maximum Gasteiger partial charge on any atom is 0.410 e. The number of hydrogen-bond acceptors (Lipinski definition) is 4. The predicted molar refractivity (Wildman–Crippen MR) is 93.0 cm³/mol. The highest BCUT2D eigenvalue weighted by Crippen LogP contribution is 2.21. The van der Waals surface area contributed by atoms with Gasteiger partial charge in [0.2, 0.25) is 5.91 Å². The molecule has 2 amide bonds. The second-order valence-corrected chi connectivity index (χ2v) is 6.24. The number of likely N-dealkylation sites (N-methyl/N-ethyl adjacent to an activating group) is 1. The van der Waals surface area contributed by atoms with E-state index in [9.17, 15) is 9.59 Å². The van der Waals surface area contributed by atoms with E-state index in [4.69, 9.17) is 4.74 Å². The van der Waals surface area contributed by atoms with Gasteiger partial charge in [0.15, 0.2) is 0 Å². The number of nitrogens with zero attached hydrogens (tertiary/aromatic N) is 2. The van der Waals surface area contributed by atoms with Gasteiger partial charge in [-0.2, -0.15) is 0 Å². The molecule has 2 fully saturated rings. The number of hydrogen-bond donors (Lipinski definition) is 1. The molecule has 1 aromatic carbocycles. The van der Waals surface area contributed by atoms with Crippen LogP contribution in [0.15, 0.2) is 30.3 Å². The lowest BCUT2D eigenvalue weighted by Gasteiger charge is -2.40. The van der Waals surface area contributed by atoms with Crippen molar-refractivity contribution in [3.8, 4) is 0 Å². The summed E-state index contributed by atoms with van der Waals surface area (Å²) in [6.45, 7) is 3.00. The molecule has 1 N–H and O–H groups in total. The fourth-order valence-electron chi connectivity index (χ4n) is 3.03. The van der Waals surface area contributed by atoms with Crippen LogP contribution in [0.25, 0.3) is 0 Å². The number of likely N-dealkylation sites (tertiary alicyclic amines) is 1. The quantitative estimate of drug-likeness (QED) is 0.891. The second kappa shape index (κ2) is 8.35. The molecule has 0 bridgehead atoms. The molecule has 0 unspecified atom stereocenters. The smallest absolute Gasteiger partial charge is 0.410 e. The van der Waals surface area contributed by atoms with E-state index in [0.717, 1.165) is 25.1 Å². The van der Waals surface area contributed by atoms with Gasteiger partial charge < -0.3 is 19.9 Å². The van der Waals surface area contributed by atoms with E-state index in [2.05, 4.69) is 5.32 Å². The van der Waals surface area contributed by atoms with Crippen molar-refractivity contribution in [1.29, 1.82) is 0 Å². The zero-order valence-corrected chi connectivity index (χ0v) is 14.6. The normalized spacial score (nSPS) is 20.0. The number of carbonyl (C=O) groups excluding carboxylic acids is 2. The maximum atomic E-state index is 12.4. The average Bonchev–Trinajstić information content (AvgIpc) is 3.06. The Bertz CT molecular complexity index is 557. The van der Waals surface area contributed by atoms with Crippen LogP contribution in [-0.4, -0.2) is 61.1 Å². The second-order valence-electron chi connectivity index (χ2n) is 6.24. The summed E-state index contributed by atoms with van der Waals surface area (Å²) >= 11 is 0. The molecule has 2 heterocycles. The van der Waals surface area contributed by atoms with Crippen molar-refractivity contribution in [2.75, 3.05) is 33.2 Å². The van der Waals surface area contributed by atoms with Gasteiger partial charge in [-0.05, 0) is 18.5 Å². The molecular formula is C17H24ClN3O3. The topological polar surface area (TPSA) is 61.9 Å². The summed E-state index contributed by atoms with van der Waals surface area (Å²) in [5, 5.41) is 3.26. The number of rotatable bonds is 4. The molecular weight excluding hydrogens is 330 g/mol. The van der Waals surface area contributed by atoms with Gasteiger partial charge in [0.25, 0.3) is 0 Å². The van der Waals surface area contributed by atoms with Crippen molar-refractivity contribution in [2.45, 2.75) is 19.1 Å². The summed E-state index contributed by atoms with van der Waals surface area (Å²) in [7, 11) is 1.86. The van der Waals surface area contributed by atoms with Crippen molar-refractivity contribution in [3.05, 3.63) is 35.9 Å². The van der Waals surface area contributed by atoms with Crippen LogP contribution in [0.5, 0.6) is 0 Å². The van der Waals surface area contributed by atoms with E-state index in [1.807, 2.05) is 42.3 Å². The highest BCUT2D eigenvalue weighted by atomic mass is 35.5. The summed E-state index contributed by atoms with van der Waals surface area (Å²) in [4.78, 5) is 27.8. The summed E-state index contributed by atoms with van der Waals surface area (Å²) < 4.78 is 5.27. The Morgan fingerprint density at radius 3 is 2.62 bits per heavy atom. The predicted octanol–water partition coefficient (Wildman–Crippen LogP) is 1.50. The molecule has 0 aliphatic carbocycles. The molecule has 7 heteroatoms. The van der Waals surface area contributed by atoms with E-state index >= 15 is 0 Å². The number of nitrogens with one attached hydrogen (secondary N) is 1. The molecule has 1 atom stereocenters. The Morgan fingerprint density at radius 2 is 2.00 bits per heavy atom. The Labute approximate surface area is 148 Å². The molecule has 1 aromatic rings. The minimum absolute atomic E-state index is 0. The summed E-state index contributed by atoms with van der Waals surface area (Å²) in [5.41, 5.74) is 0.961. The Hall–Kier alpha value is -1.79. The highest BCUT2D eigenvalue weighted by Gasteiger charge is 2.39. The average molecular weight is 354 g/mol. The number of halogens is 1. The van der Waals surface area contributed by atoms with Crippen LogP contribution in [0.4, 0.5) is 4.79 Å². The highest BCUT2D eigenvalue weighted by molar-refractivity contribution is 5.85. The zero-order chi connectivity index (χ0) is 16.2. The van der Waals surface area contributed by atoms with Gasteiger partial charge in [0, 0.05) is 32.7 Å². The van der Waals surface area contributed by atoms with Gasteiger partial charge >= 0.3 is 6.09 Å². The Kier molecular flexibility index (Phi) is 6.45. The molecule has 0 aromatic heterocycles. The summed E-state index contributed by atoms with van der Waals surface area (Å²) in [6, 6.07) is 9.86. The number of amides is 2. The van der Waals surface area contributed by atoms with Crippen LogP contribution in [0.3, 0.4) is 0 Å². The number of benzene rings is 1. The molecule has 2 saturated heterocycles. The maximum absolute atomic E-state index is 12.4. The van der Waals surface area contributed by atoms with E-state index in [-0.39, 0.29) is 43.0 Å². The molecule has 3 rings (SSSR count). The largest absolute Gasteiger partial charge is 0.445 e. The Morgan fingerprint density at radius 1 is 1.29 bits per heavy atom. The third-order valence-electron chi connectivity index (χ3n) is 4.62. The van der Waals surface area contributed by atoms with E-state index in [0.29, 0.717) is 13.1 Å². The SMILES string of the molecule is CN(C(=O)C1CN(C(=O)OCc2ccccc2)C1)[C@H]1CCNC1.Cl. The van der Waals surface area contributed by atoms with Crippen LogP contribution >= 0.6 is 12.4 Å². The molecule has 0 saturated carbocycles. The molecule has 2 aliphatic rings. The number of carbonyl (C=O) groups is 2. The lowest BCUT2D eigenvalue weighted by Crippen LogP contribution is -2.57. The standard InChI is InChI=1S/C17H23N3O3.ClH/c1-19(15-7-8-18-9-15)16(21)14-10-20(11-14)17(22)23-12-13-5-3-2-4-6-13;/h2-6,14-15,18H,7-12H2,1H3;1H/t15-;/m0./s1. The van der Waals surface area contributed by atoms with Gasteiger partial charge in [-0.3, -0.25) is 4.79 Å². The summed E-state index contributed by atoms with van der Waals surface area (Å²) in [5.74, 6) is 0.0377. The van der Waals surface area contributed by atoms with Crippen molar-refractivity contribution in [3.63, 3.8) is 0 Å². The molecule has 0 spiro atoms. The van der Waals surface area contributed by atoms with Gasteiger partial charge in [-0.25, -0.2) is 4.79 Å². The first kappa shape index (κ1) is 18.5. The van der Waals surface area contributed by atoms with Crippen molar-refractivity contribution in [1.82, 2.24) is 15.1 Å². The molecule has 0 radical (unpaired) electrons. The lowest BCUT2D eigenvalue weighted by molar-refractivity contribution is -0.140. The van der Waals surface area contributed by atoms with E-state index in [1.54, 1.807) is 4.90 Å². The fraction of sp³-hybridized carbons (Fsp3) is 0.529. The third kappa shape index (κ3) is 4.19. The third-order valence-corrected chi connectivity index (χ3v) is 4.62. The first-order valence-electron chi connectivity index (χ1n) is 8.08. The van der Waals surface area contributed by atoms with Crippen LogP contribution in [0.1, 0.15) is 12.0 Å². The minimum Gasteiger partial charge on any atom is -0.445 e. The van der Waals surface area contributed by atoms with Gasteiger partial charge in [0.1, 0.15) is 6.61 Å². The van der Waals surface area contributed by atoms with Crippen molar-refractivity contribution >= 4 is 24.4 Å².